The molecule has 2 rings (SSSR count). The average Bonchev–Trinajstić information content (AvgIpc) is 2.39. The molecule has 1 aromatic rings. The molecule has 0 atom stereocenters. The lowest BCUT2D eigenvalue weighted by Crippen LogP contribution is -2.28. The number of rotatable bonds is 4. The molecule has 0 aliphatic heterocycles. The first-order chi connectivity index (χ1) is 9.09. The van der Waals surface area contributed by atoms with E-state index in [2.05, 4.69) is 4.98 Å². The molecule has 0 aromatic carbocycles. The van der Waals surface area contributed by atoms with Crippen molar-refractivity contribution in [3.63, 3.8) is 0 Å². The molecular weight excluding hydrogens is 247 g/mol. The van der Waals surface area contributed by atoms with E-state index in [1.54, 1.807) is 11.9 Å². The summed E-state index contributed by atoms with van der Waals surface area (Å²) in [4.78, 5) is 16.6. The molecule has 0 amide bonds. The van der Waals surface area contributed by atoms with Crippen LogP contribution in [0.1, 0.15) is 42.5 Å². The maximum atomic E-state index is 14.0. The van der Waals surface area contributed by atoms with Gasteiger partial charge in [0.15, 0.2) is 11.6 Å². The number of anilines is 1. The lowest BCUT2D eigenvalue weighted by molar-refractivity contribution is 0.0692. The number of carboxylic acid groups (broad SMARTS) is 1. The monoisotopic (exact) mass is 266 g/mol. The van der Waals surface area contributed by atoms with Crippen molar-refractivity contribution in [2.24, 2.45) is 5.92 Å². The van der Waals surface area contributed by atoms with Gasteiger partial charge in [-0.05, 0) is 24.8 Å². The highest BCUT2D eigenvalue weighted by Gasteiger charge is 2.21. The number of aromatic nitrogens is 1. The quantitative estimate of drug-likeness (QED) is 0.910. The van der Waals surface area contributed by atoms with Crippen LogP contribution in [0.2, 0.25) is 0 Å². The smallest absolute Gasteiger partial charge is 0.338 e. The zero-order valence-electron chi connectivity index (χ0n) is 11.1. The highest BCUT2D eigenvalue weighted by atomic mass is 19.1. The van der Waals surface area contributed by atoms with Gasteiger partial charge in [-0.25, -0.2) is 14.2 Å². The second kappa shape index (κ2) is 5.99. The van der Waals surface area contributed by atoms with Crippen molar-refractivity contribution in [1.82, 2.24) is 4.98 Å². The van der Waals surface area contributed by atoms with E-state index in [0.29, 0.717) is 5.92 Å². The van der Waals surface area contributed by atoms with Gasteiger partial charge in [0, 0.05) is 19.8 Å². The zero-order chi connectivity index (χ0) is 13.8. The summed E-state index contributed by atoms with van der Waals surface area (Å²) in [5, 5.41) is 8.91. The van der Waals surface area contributed by atoms with E-state index in [9.17, 15) is 9.18 Å². The van der Waals surface area contributed by atoms with Crippen molar-refractivity contribution in [3.05, 3.63) is 23.6 Å². The number of carbonyl (C=O) groups is 1. The Balaban J connectivity index is 2.12. The topological polar surface area (TPSA) is 53.4 Å². The van der Waals surface area contributed by atoms with Crippen LogP contribution in [0.25, 0.3) is 0 Å². The summed E-state index contributed by atoms with van der Waals surface area (Å²) >= 11 is 0. The van der Waals surface area contributed by atoms with Crippen LogP contribution in [-0.4, -0.2) is 29.7 Å². The van der Waals surface area contributed by atoms with Crippen molar-refractivity contribution < 1.29 is 14.3 Å². The molecule has 0 unspecified atom stereocenters. The standard InChI is InChI=1S/C14H19FN2O2/c1-17(9-10-5-3-2-4-6-10)13-12(15)11(14(18)19)7-8-16-13/h7-8,10H,2-6,9H2,1H3,(H,18,19). The third-order valence-electron chi connectivity index (χ3n) is 3.72. The molecule has 0 bridgehead atoms. The molecule has 0 saturated heterocycles. The fourth-order valence-corrected chi connectivity index (χ4v) is 2.71. The molecule has 104 valence electrons. The molecule has 1 fully saturated rings. The molecule has 19 heavy (non-hydrogen) atoms. The van der Waals surface area contributed by atoms with E-state index in [-0.39, 0.29) is 11.4 Å². The first-order valence-electron chi connectivity index (χ1n) is 6.68. The van der Waals surface area contributed by atoms with Gasteiger partial charge in [-0.2, -0.15) is 0 Å². The number of carboxylic acids is 1. The molecule has 5 heteroatoms. The van der Waals surface area contributed by atoms with Crippen molar-refractivity contribution in [2.75, 3.05) is 18.5 Å². The molecule has 1 aliphatic rings. The first kappa shape index (κ1) is 13.8. The number of hydrogen-bond donors (Lipinski definition) is 1. The molecule has 1 N–H and O–H groups in total. The Bertz CT molecular complexity index is 459. The van der Waals surface area contributed by atoms with Gasteiger partial charge in [-0.15, -0.1) is 0 Å². The fourth-order valence-electron chi connectivity index (χ4n) is 2.71. The van der Waals surface area contributed by atoms with E-state index < -0.39 is 11.8 Å². The Morgan fingerprint density at radius 2 is 2.16 bits per heavy atom. The Morgan fingerprint density at radius 1 is 1.47 bits per heavy atom. The minimum Gasteiger partial charge on any atom is -0.478 e. The van der Waals surface area contributed by atoms with Gasteiger partial charge in [-0.1, -0.05) is 19.3 Å². The maximum Gasteiger partial charge on any atom is 0.338 e. The van der Waals surface area contributed by atoms with Crippen molar-refractivity contribution in [3.8, 4) is 0 Å². The van der Waals surface area contributed by atoms with Crippen LogP contribution >= 0.6 is 0 Å². The Kier molecular flexibility index (Phi) is 4.35. The molecule has 1 heterocycles. The summed E-state index contributed by atoms with van der Waals surface area (Å²) in [5.41, 5.74) is -0.319. The van der Waals surface area contributed by atoms with E-state index in [4.69, 9.17) is 5.11 Å². The molecule has 1 saturated carbocycles. The van der Waals surface area contributed by atoms with Crippen LogP contribution in [0.15, 0.2) is 12.3 Å². The van der Waals surface area contributed by atoms with E-state index in [1.807, 2.05) is 0 Å². The second-order valence-electron chi connectivity index (χ2n) is 5.19. The summed E-state index contributed by atoms with van der Waals surface area (Å²) < 4.78 is 14.0. The van der Waals surface area contributed by atoms with Gasteiger partial charge in [0.25, 0.3) is 0 Å². The third kappa shape index (κ3) is 3.22. The summed E-state index contributed by atoms with van der Waals surface area (Å²) in [7, 11) is 1.77. The first-order valence-corrected chi connectivity index (χ1v) is 6.68. The normalized spacial score (nSPS) is 16.3. The van der Waals surface area contributed by atoms with Crippen LogP contribution in [0, 0.1) is 11.7 Å². The van der Waals surface area contributed by atoms with Crippen LogP contribution < -0.4 is 4.90 Å². The van der Waals surface area contributed by atoms with E-state index in [0.717, 1.165) is 19.4 Å². The average molecular weight is 266 g/mol. The largest absolute Gasteiger partial charge is 0.478 e. The van der Waals surface area contributed by atoms with Crippen LogP contribution in [-0.2, 0) is 0 Å². The van der Waals surface area contributed by atoms with Crippen LogP contribution in [0.5, 0.6) is 0 Å². The van der Waals surface area contributed by atoms with E-state index >= 15 is 0 Å². The number of hydrogen-bond acceptors (Lipinski definition) is 3. The van der Waals surface area contributed by atoms with Gasteiger partial charge in [0.05, 0.1) is 0 Å². The van der Waals surface area contributed by atoms with Gasteiger partial charge < -0.3 is 10.0 Å². The predicted octanol–water partition coefficient (Wildman–Crippen LogP) is 2.94. The van der Waals surface area contributed by atoms with Gasteiger partial charge >= 0.3 is 5.97 Å². The number of aromatic carboxylic acids is 1. The minimum absolute atomic E-state index is 0.130. The summed E-state index contributed by atoms with van der Waals surface area (Å²) in [6.07, 6.45) is 7.39. The van der Waals surface area contributed by atoms with Crippen molar-refractivity contribution in [2.45, 2.75) is 32.1 Å². The van der Waals surface area contributed by atoms with Gasteiger partial charge in [-0.3, -0.25) is 0 Å². The highest BCUT2D eigenvalue weighted by Crippen LogP contribution is 2.26. The maximum absolute atomic E-state index is 14.0. The molecule has 4 nitrogen and oxygen atoms in total. The Labute approximate surface area is 112 Å². The van der Waals surface area contributed by atoms with Crippen molar-refractivity contribution >= 4 is 11.8 Å². The number of halogens is 1. The molecule has 1 aliphatic carbocycles. The third-order valence-corrected chi connectivity index (χ3v) is 3.72. The lowest BCUT2D eigenvalue weighted by atomic mass is 9.89. The molecular formula is C14H19FN2O2. The molecule has 0 radical (unpaired) electrons. The summed E-state index contributed by atoms with van der Waals surface area (Å²) in [5.74, 6) is -1.32. The molecule has 1 aromatic heterocycles. The predicted molar refractivity (Wildman–Crippen MR) is 71.0 cm³/mol. The zero-order valence-corrected chi connectivity index (χ0v) is 11.1. The fraction of sp³-hybridized carbons (Fsp3) is 0.571. The van der Waals surface area contributed by atoms with Gasteiger partial charge in [0.2, 0.25) is 0 Å². The minimum atomic E-state index is -1.26. The lowest BCUT2D eigenvalue weighted by Gasteiger charge is -2.28. The van der Waals surface area contributed by atoms with Gasteiger partial charge in [0.1, 0.15) is 5.56 Å². The molecule has 0 spiro atoms. The summed E-state index contributed by atoms with van der Waals surface area (Å²) in [6, 6.07) is 1.19. The Hall–Kier alpha value is -1.65. The summed E-state index contributed by atoms with van der Waals surface area (Å²) in [6.45, 7) is 0.729. The van der Waals surface area contributed by atoms with Crippen LogP contribution in [0.4, 0.5) is 10.2 Å². The highest BCUT2D eigenvalue weighted by molar-refractivity contribution is 5.88. The Morgan fingerprint density at radius 3 is 2.79 bits per heavy atom. The second-order valence-corrected chi connectivity index (χ2v) is 5.19. The SMILES string of the molecule is CN(CC1CCCCC1)c1nccc(C(=O)O)c1F. The van der Waals surface area contributed by atoms with Crippen molar-refractivity contribution in [1.29, 1.82) is 0 Å². The number of pyridine rings is 1. The van der Waals surface area contributed by atoms with E-state index in [1.165, 1.54) is 31.5 Å². The van der Waals surface area contributed by atoms with Crippen LogP contribution in [0.3, 0.4) is 0 Å². The number of nitrogens with zero attached hydrogens (tertiary/aromatic N) is 2.